The van der Waals surface area contributed by atoms with Gasteiger partial charge >= 0.3 is 0 Å². The van der Waals surface area contributed by atoms with Crippen LogP contribution < -0.4 is 9.47 Å². The molecule has 3 heterocycles. The zero-order valence-corrected chi connectivity index (χ0v) is 19.7. The predicted molar refractivity (Wildman–Crippen MR) is 136 cm³/mol. The van der Waals surface area contributed by atoms with E-state index in [0.717, 1.165) is 22.2 Å². The quantitative estimate of drug-likeness (QED) is 0.295. The SMILES string of the molecule is C=CC(=O)N(C)CCOc1ccc2c(OCc3nnc4ccc(-c5ccccc5)nn34)ccnc2c1. The Balaban J connectivity index is 1.30. The molecule has 5 aromatic rings. The summed E-state index contributed by atoms with van der Waals surface area (Å²) in [6.45, 7) is 4.48. The van der Waals surface area contributed by atoms with E-state index >= 15 is 0 Å². The van der Waals surface area contributed by atoms with E-state index in [1.807, 2.05) is 66.7 Å². The largest absolute Gasteiger partial charge is 0.492 e. The molecular weight excluding hydrogens is 456 g/mol. The molecule has 36 heavy (non-hydrogen) atoms. The molecule has 0 atom stereocenters. The van der Waals surface area contributed by atoms with Gasteiger partial charge in [0, 0.05) is 30.3 Å². The highest BCUT2D eigenvalue weighted by molar-refractivity contribution is 5.87. The first kappa shape index (κ1) is 23.0. The molecule has 0 radical (unpaired) electrons. The molecule has 5 rings (SSSR count). The van der Waals surface area contributed by atoms with Crippen LogP contribution >= 0.6 is 0 Å². The van der Waals surface area contributed by atoms with Gasteiger partial charge in [0.2, 0.25) is 5.91 Å². The van der Waals surface area contributed by atoms with E-state index in [-0.39, 0.29) is 12.5 Å². The number of likely N-dealkylation sites (N-methyl/N-ethyl adjacent to an activating group) is 1. The molecule has 0 N–H and O–H groups in total. The summed E-state index contributed by atoms with van der Waals surface area (Å²) in [5.41, 5.74) is 3.22. The average Bonchev–Trinajstić information content (AvgIpc) is 3.33. The highest BCUT2D eigenvalue weighted by Crippen LogP contribution is 2.28. The highest BCUT2D eigenvalue weighted by Gasteiger charge is 2.12. The summed E-state index contributed by atoms with van der Waals surface area (Å²) >= 11 is 0. The van der Waals surface area contributed by atoms with Crippen LogP contribution in [0.4, 0.5) is 0 Å². The first-order valence-electron chi connectivity index (χ1n) is 11.4. The number of benzene rings is 2. The second-order valence-electron chi connectivity index (χ2n) is 8.06. The molecule has 0 spiro atoms. The van der Waals surface area contributed by atoms with Crippen molar-refractivity contribution in [3.8, 4) is 22.8 Å². The van der Waals surface area contributed by atoms with Crippen molar-refractivity contribution in [1.82, 2.24) is 29.7 Å². The van der Waals surface area contributed by atoms with Crippen LogP contribution in [0, 0.1) is 0 Å². The molecule has 2 aromatic carbocycles. The fraction of sp³-hybridized carbons (Fsp3) is 0.148. The Morgan fingerprint density at radius 1 is 1.06 bits per heavy atom. The van der Waals surface area contributed by atoms with Crippen molar-refractivity contribution >= 4 is 22.5 Å². The third-order valence-electron chi connectivity index (χ3n) is 5.67. The maximum Gasteiger partial charge on any atom is 0.245 e. The summed E-state index contributed by atoms with van der Waals surface area (Å²) in [5, 5.41) is 14.0. The lowest BCUT2D eigenvalue weighted by atomic mass is 10.1. The van der Waals surface area contributed by atoms with Crippen LogP contribution in [0.2, 0.25) is 0 Å². The molecule has 0 unspecified atom stereocenters. The lowest BCUT2D eigenvalue weighted by Crippen LogP contribution is -2.29. The highest BCUT2D eigenvalue weighted by atomic mass is 16.5. The monoisotopic (exact) mass is 480 g/mol. The van der Waals surface area contributed by atoms with Crippen LogP contribution in [0.1, 0.15) is 5.82 Å². The van der Waals surface area contributed by atoms with Crippen LogP contribution in [0.5, 0.6) is 11.5 Å². The van der Waals surface area contributed by atoms with Gasteiger partial charge in [-0.25, -0.2) is 0 Å². The molecule has 9 nitrogen and oxygen atoms in total. The number of amides is 1. The van der Waals surface area contributed by atoms with Gasteiger partial charge < -0.3 is 14.4 Å². The van der Waals surface area contributed by atoms with E-state index in [9.17, 15) is 4.79 Å². The van der Waals surface area contributed by atoms with Crippen molar-refractivity contribution in [3.63, 3.8) is 0 Å². The van der Waals surface area contributed by atoms with Crippen molar-refractivity contribution in [2.75, 3.05) is 20.2 Å². The number of carbonyl (C=O) groups excluding carboxylic acids is 1. The second-order valence-corrected chi connectivity index (χ2v) is 8.06. The Hall–Kier alpha value is -4.79. The molecule has 1 amide bonds. The number of hydrogen-bond donors (Lipinski definition) is 0. The Kier molecular flexibility index (Phi) is 6.53. The lowest BCUT2D eigenvalue weighted by Gasteiger charge is -2.15. The van der Waals surface area contributed by atoms with E-state index in [4.69, 9.17) is 14.6 Å². The van der Waals surface area contributed by atoms with Gasteiger partial charge in [0.15, 0.2) is 11.5 Å². The molecule has 3 aromatic heterocycles. The molecule has 0 saturated carbocycles. The maximum atomic E-state index is 11.6. The number of ether oxygens (including phenoxy) is 2. The van der Waals surface area contributed by atoms with Crippen molar-refractivity contribution in [2.24, 2.45) is 0 Å². The van der Waals surface area contributed by atoms with E-state index in [1.54, 1.807) is 22.7 Å². The minimum atomic E-state index is -0.146. The molecular formula is C27H24N6O3. The third kappa shape index (κ3) is 4.85. The van der Waals surface area contributed by atoms with Crippen LogP contribution in [-0.4, -0.2) is 55.8 Å². The minimum Gasteiger partial charge on any atom is -0.492 e. The van der Waals surface area contributed by atoms with E-state index < -0.39 is 0 Å². The molecule has 0 saturated heterocycles. The van der Waals surface area contributed by atoms with E-state index in [0.29, 0.717) is 36.1 Å². The smallest absolute Gasteiger partial charge is 0.245 e. The fourth-order valence-corrected chi connectivity index (χ4v) is 3.71. The fourth-order valence-electron chi connectivity index (χ4n) is 3.71. The first-order chi connectivity index (χ1) is 17.6. The Labute approximate surface area is 207 Å². The number of carbonyl (C=O) groups is 1. The van der Waals surface area contributed by atoms with Crippen molar-refractivity contribution in [3.05, 3.63) is 91.4 Å². The summed E-state index contributed by atoms with van der Waals surface area (Å²) in [7, 11) is 1.70. The Morgan fingerprint density at radius 3 is 2.75 bits per heavy atom. The normalized spacial score (nSPS) is 10.9. The first-order valence-corrected chi connectivity index (χ1v) is 11.4. The predicted octanol–water partition coefficient (Wildman–Crippen LogP) is 3.94. The van der Waals surface area contributed by atoms with Crippen LogP contribution in [-0.2, 0) is 11.4 Å². The van der Waals surface area contributed by atoms with Gasteiger partial charge in [0.25, 0.3) is 0 Å². The van der Waals surface area contributed by atoms with Crippen molar-refractivity contribution in [1.29, 1.82) is 0 Å². The van der Waals surface area contributed by atoms with Crippen LogP contribution in [0.3, 0.4) is 0 Å². The number of rotatable bonds is 9. The van der Waals surface area contributed by atoms with Crippen molar-refractivity contribution in [2.45, 2.75) is 6.61 Å². The van der Waals surface area contributed by atoms with E-state index in [2.05, 4.69) is 21.8 Å². The summed E-state index contributed by atoms with van der Waals surface area (Å²) < 4.78 is 13.6. The number of nitrogens with zero attached hydrogens (tertiary/aromatic N) is 6. The Morgan fingerprint density at radius 2 is 1.92 bits per heavy atom. The van der Waals surface area contributed by atoms with Crippen LogP contribution in [0.15, 0.2) is 85.6 Å². The second kappa shape index (κ2) is 10.2. The van der Waals surface area contributed by atoms with Gasteiger partial charge in [0.05, 0.1) is 17.8 Å². The standard InChI is InChI=1S/C27H24N6O3/c1-3-27(34)32(2)15-16-35-20-9-10-21-23(17-20)28-14-13-24(21)36-18-26-30-29-25-12-11-22(31-33(25)26)19-7-5-4-6-8-19/h3-14,17H,1,15-16,18H2,2H3. The third-order valence-corrected chi connectivity index (χ3v) is 5.67. The molecule has 0 aliphatic heterocycles. The molecule has 0 aliphatic carbocycles. The van der Waals surface area contributed by atoms with Crippen molar-refractivity contribution < 1.29 is 14.3 Å². The summed E-state index contributed by atoms with van der Waals surface area (Å²) in [4.78, 5) is 17.6. The summed E-state index contributed by atoms with van der Waals surface area (Å²) in [6, 6.07) is 21.2. The van der Waals surface area contributed by atoms with Gasteiger partial charge in [-0.05, 0) is 36.4 Å². The number of hydrogen-bond acceptors (Lipinski definition) is 7. The number of fused-ring (bicyclic) bond motifs is 2. The number of pyridine rings is 1. The number of aromatic nitrogens is 5. The zero-order valence-electron chi connectivity index (χ0n) is 19.7. The topological polar surface area (TPSA) is 94.7 Å². The zero-order chi connectivity index (χ0) is 24.9. The molecule has 0 aliphatic rings. The van der Waals surface area contributed by atoms with E-state index in [1.165, 1.54) is 6.08 Å². The maximum absolute atomic E-state index is 11.6. The van der Waals surface area contributed by atoms with Gasteiger partial charge in [0.1, 0.15) is 24.7 Å². The molecule has 9 heteroatoms. The van der Waals surface area contributed by atoms with Gasteiger partial charge in [-0.15, -0.1) is 10.2 Å². The molecule has 0 bridgehead atoms. The molecule has 180 valence electrons. The average molecular weight is 481 g/mol. The lowest BCUT2D eigenvalue weighted by molar-refractivity contribution is -0.125. The van der Waals surface area contributed by atoms with Gasteiger partial charge in [-0.1, -0.05) is 36.9 Å². The van der Waals surface area contributed by atoms with Gasteiger partial charge in [-0.2, -0.15) is 9.61 Å². The van der Waals surface area contributed by atoms with Gasteiger partial charge in [-0.3, -0.25) is 9.78 Å². The van der Waals surface area contributed by atoms with Crippen LogP contribution in [0.25, 0.3) is 27.8 Å². The Bertz CT molecular complexity index is 1530. The summed E-state index contributed by atoms with van der Waals surface area (Å²) in [5.74, 6) is 1.77. The molecule has 0 fully saturated rings. The minimum absolute atomic E-state index is 0.146. The summed E-state index contributed by atoms with van der Waals surface area (Å²) in [6.07, 6.45) is 2.97.